The van der Waals surface area contributed by atoms with Crippen LogP contribution < -0.4 is 5.73 Å². The van der Waals surface area contributed by atoms with Gasteiger partial charge in [-0.2, -0.15) is 11.8 Å². The summed E-state index contributed by atoms with van der Waals surface area (Å²) in [7, 11) is 1.72. The van der Waals surface area contributed by atoms with Gasteiger partial charge in [0, 0.05) is 19.3 Å². The van der Waals surface area contributed by atoms with Crippen LogP contribution in [-0.2, 0) is 0 Å². The van der Waals surface area contributed by atoms with Gasteiger partial charge in [0.15, 0.2) is 0 Å². The Morgan fingerprint density at radius 1 is 1.62 bits per heavy atom. The Kier molecular flexibility index (Phi) is 4.89. The van der Waals surface area contributed by atoms with E-state index in [1.165, 1.54) is 0 Å². The number of rotatable bonds is 4. The third kappa shape index (κ3) is 3.28. The molecule has 88 valence electrons. The highest BCUT2D eigenvalue weighted by molar-refractivity contribution is 7.98. The second-order valence-electron chi connectivity index (χ2n) is 3.29. The first-order valence-electron chi connectivity index (χ1n) is 4.72. The topological polar surface area (TPSA) is 59.2 Å². The van der Waals surface area contributed by atoms with Gasteiger partial charge >= 0.3 is 0 Å². The summed E-state index contributed by atoms with van der Waals surface area (Å²) in [4.78, 5) is 17.5. The van der Waals surface area contributed by atoms with Crippen LogP contribution in [0.1, 0.15) is 10.5 Å². The summed E-state index contributed by atoms with van der Waals surface area (Å²) >= 11 is 7.58. The number of thioether (sulfide) groups is 1. The molecule has 1 rings (SSSR count). The molecule has 0 aliphatic carbocycles. The lowest BCUT2D eigenvalue weighted by atomic mass is 10.3. The number of hydrogen-bond donors (Lipinski definition) is 1. The van der Waals surface area contributed by atoms with Gasteiger partial charge in [-0.15, -0.1) is 0 Å². The SMILES string of the molecule is CSCCN(C)C(=O)c1nc(N)ccc1Cl. The van der Waals surface area contributed by atoms with Gasteiger partial charge in [0.1, 0.15) is 11.5 Å². The van der Waals surface area contributed by atoms with Crippen molar-refractivity contribution in [3.63, 3.8) is 0 Å². The van der Waals surface area contributed by atoms with Gasteiger partial charge in [0.05, 0.1) is 5.02 Å². The molecule has 0 aliphatic heterocycles. The normalized spacial score (nSPS) is 10.2. The van der Waals surface area contributed by atoms with E-state index < -0.39 is 0 Å². The van der Waals surface area contributed by atoms with Crippen LogP contribution in [0.15, 0.2) is 12.1 Å². The number of hydrogen-bond acceptors (Lipinski definition) is 4. The zero-order valence-corrected chi connectivity index (χ0v) is 10.8. The van der Waals surface area contributed by atoms with Crippen LogP contribution in [0, 0.1) is 0 Å². The highest BCUT2D eigenvalue weighted by Gasteiger charge is 2.16. The van der Waals surface area contributed by atoms with Gasteiger partial charge in [0.25, 0.3) is 5.91 Å². The summed E-state index contributed by atoms with van der Waals surface area (Å²) in [6.45, 7) is 0.660. The zero-order chi connectivity index (χ0) is 12.1. The van der Waals surface area contributed by atoms with E-state index in [0.29, 0.717) is 17.4 Å². The molecular formula is C10H14ClN3OS. The van der Waals surface area contributed by atoms with Crippen molar-refractivity contribution in [3.8, 4) is 0 Å². The average Bonchev–Trinajstić information content (AvgIpc) is 2.28. The molecule has 0 fully saturated rings. The molecule has 0 bridgehead atoms. The Labute approximate surface area is 104 Å². The first-order chi connectivity index (χ1) is 7.56. The molecule has 1 heterocycles. The van der Waals surface area contributed by atoms with Crippen molar-refractivity contribution < 1.29 is 4.79 Å². The van der Waals surface area contributed by atoms with E-state index in [0.717, 1.165) is 5.75 Å². The molecule has 0 unspecified atom stereocenters. The molecule has 0 saturated carbocycles. The summed E-state index contributed by atoms with van der Waals surface area (Å²) in [6, 6.07) is 3.15. The first-order valence-corrected chi connectivity index (χ1v) is 6.50. The standard InChI is InChI=1S/C10H14ClN3OS/c1-14(5-6-16-2)10(15)9-7(11)3-4-8(12)13-9/h3-4H,5-6H2,1-2H3,(H2,12,13). The molecular weight excluding hydrogens is 246 g/mol. The lowest BCUT2D eigenvalue weighted by molar-refractivity contribution is 0.0798. The van der Waals surface area contributed by atoms with E-state index in [1.807, 2.05) is 6.26 Å². The van der Waals surface area contributed by atoms with Crippen LogP contribution in [0.4, 0.5) is 5.82 Å². The number of carbonyl (C=O) groups excluding carboxylic acids is 1. The Bertz CT molecular complexity index is 386. The molecule has 0 aliphatic rings. The van der Waals surface area contributed by atoms with Gasteiger partial charge in [-0.25, -0.2) is 4.98 Å². The quantitative estimate of drug-likeness (QED) is 0.895. The second-order valence-corrected chi connectivity index (χ2v) is 4.68. The third-order valence-corrected chi connectivity index (χ3v) is 2.94. The lowest BCUT2D eigenvalue weighted by Crippen LogP contribution is -2.30. The maximum absolute atomic E-state index is 11.9. The number of anilines is 1. The monoisotopic (exact) mass is 259 g/mol. The molecule has 6 heteroatoms. The predicted molar refractivity (Wildman–Crippen MR) is 69.0 cm³/mol. The second kappa shape index (κ2) is 5.96. The third-order valence-electron chi connectivity index (χ3n) is 2.05. The van der Waals surface area contributed by atoms with Crippen LogP contribution in [0.5, 0.6) is 0 Å². The van der Waals surface area contributed by atoms with E-state index in [2.05, 4.69) is 4.98 Å². The molecule has 0 saturated heterocycles. The minimum Gasteiger partial charge on any atom is -0.384 e. The van der Waals surface area contributed by atoms with Crippen LogP contribution in [0.2, 0.25) is 5.02 Å². The van der Waals surface area contributed by atoms with Crippen molar-refractivity contribution in [2.75, 3.05) is 31.3 Å². The van der Waals surface area contributed by atoms with Crippen molar-refractivity contribution in [2.24, 2.45) is 0 Å². The Balaban J connectivity index is 2.83. The number of nitrogen functional groups attached to an aromatic ring is 1. The minimum absolute atomic E-state index is 0.202. The highest BCUT2D eigenvalue weighted by Crippen LogP contribution is 2.16. The number of amides is 1. The smallest absolute Gasteiger partial charge is 0.273 e. The Morgan fingerprint density at radius 3 is 2.94 bits per heavy atom. The molecule has 0 aromatic carbocycles. The van der Waals surface area contributed by atoms with Crippen LogP contribution in [0.25, 0.3) is 0 Å². The number of aromatic nitrogens is 1. The van der Waals surface area contributed by atoms with Crippen LogP contribution in [0.3, 0.4) is 0 Å². The molecule has 4 nitrogen and oxygen atoms in total. The lowest BCUT2D eigenvalue weighted by Gasteiger charge is -2.16. The van der Waals surface area contributed by atoms with E-state index >= 15 is 0 Å². The van der Waals surface area contributed by atoms with Crippen molar-refractivity contribution in [1.82, 2.24) is 9.88 Å². The van der Waals surface area contributed by atoms with E-state index in [1.54, 1.807) is 35.8 Å². The van der Waals surface area contributed by atoms with Gasteiger partial charge in [-0.05, 0) is 18.4 Å². The van der Waals surface area contributed by atoms with Crippen LogP contribution in [-0.4, -0.2) is 41.4 Å². The van der Waals surface area contributed by atoms with Crippen LogP contribution >= 0.6 is 23.4 Å². The number of nitrogens with zero attached hydrogens (tertiary/aromatic N) is 2. The fourth-order valence-electron chi connectivity index (χ4n) is 1.12. The predicted octanol–water partition coefficient (Wildman–Crippen LogP) is 1.75. The Hall–Kier alpha value is -0.940. The van der Waals surface area contributed by atoms with Crippen molar-refractivity contribution in [3.05, 3.63) is 22.8 Å². The number of pyridine rings is 1. The Morgan fingerprint density at radius 2 is 2.31 bits per heavy atom. The largest absolute Gasteiger partial charge is 0.384 e. The molecule has 16 heavy (non-hydrogen) atoms. The maximum Gasteiger partial charge on any atom is 0.273 e. The number of halogens is 1. The molecule has 0 radical (unpaired) electrons. The fourth-order valence-corrected chi connectivity index (χ4v) is 1.76. The van der Waals surface area contributed by atoms with Crippen molar-refractivity contribution >= 4 is 35.1 Å². The summed E-state index contributed by atoms with van der Waals surface area (Å²) in [5.41, 5.74) is 5.73. The summed E-state index contributed by atoms with van der Waals surface area (Å²) < 4.78 is 0. The van der Waals surface area contributed by atoms with Crippen molar-refractivity contribution in [2.45, 2.75) is 0 Å². The van der Waals surface area contributed by atoms with Gasteiger partial charge in [0.2, 0.25) is 0 Å². The molecule has 1 amide bonds. The average molecular weight is 260 g/mol. The summed E-state index contributed by atoms with van der Waals surface area (Å²) in [6.07, 6.45) is 1.99. The minimum atomic E-state index is -0.202. The van der Waals surface area contributed by atoms with E-state index in [4.69, 9.17) is 17.3 Å². The maximum atomic E-state index is 11.9. The van der Waals surface area contributed by atoms with Crippen molar-refractivity contribution in [1.29, 1.82) is 0 Å². The zero-order valence-electron chi connectivity index (χ0n) is 9.24. The summed E-state index contributed by atoms with van der Waals surface area (Å²) in [5, 5.41) is 0.329. The molecule has 1 aromatic heterocycles. The molecule has 1 aromatic rings. The molecule has 0 atom stereocenters. The highest BCUT2D eigenvalue weighted by atomic mass is 35.5. The van der Waals surface area contributed by atoms with E-state index in [-0.39, 0.29) is 11.6 Å². The number of nitrogens with two attached hydrogens (primary N) is 1. The first kappa shape index (κ1) is 13.1. The fraction of sp³-hybridized carbons (Fsp3) is 0.400. The van der Waals surface area contributed by atoms with Gasteiger partial charge < -0.3 is 10.6 Å². The summed E-state index contributed by atoms with van der Waals surface area (Å²) in [5.74, 6) is 0.972. The molecule has 0 spiro atoms. The van der Waals surface area contributed by atoms with Gasteiger partial charge in [-0.3, -0.25) is 4.79 Å². The number of carbonyl (C=O) groups is 1. The molecule has 2 N–H and O–H groups in total. The van der Waals surface area contributed by atoms with E-state index in [9.17, 15) is 4.79 Å². The van der Waals surface area contributed by atoms with Gasteiger partial charge in [-0.1, -0.05) is 11.6 Å².